The summed E-state index contributed by atoms with van der Waals surface area (Å²) in [4.78, 5) is 31.2. The summed E-state index contributed by atoms with van der Waals surface area (Å²) in [5.41, 5.74) is 2.94. The van der Waals surface area contributed by atoms with Crippen molar-refractivity contribution in [2.75, 3.05) is 10.2 Å². The van der Waals surface area contributed by atoms with Gasteiger partial charge in [0.05, 0.1) is 11.1 Å². The summed E-state index contributed by atoms with van der Waals surface area (Å²) in [6.45, 7) is 3.80. The summed E-state index contributed by atoms with van der Waals surface area (Å²) in [6.07, 6.45) is 1.36. The van der Waals surface area contributed by atoms with E-state index in [1.807, 2.05) is 13.0 Å². The Labute approximate surface area is 162 Å². The zero-order valence-corrected chi connectivity index (χ0v) is 15.7. The van der Waals surface area contributed by atoms with Crippen molar-refractivity contribution in [2.45, 2.75) is 32.7 Å². The van der Waals surface area contributed by atoms with E-state index in [1.165, 1.54) is 12.1 Å². The van der Waals surface area contributed by atoms with E-state index in [2.05, 4.69) is 10.3 Å². The van der Waals surface area contributed by atoms with Crippen molar-refractivity contribution in [1.82, 2.24) is 4.98 Å². The minimum absolute atomic E-state index is 0.0854. The first-order chi connectivity index (χ1) is 13.4. The summed E-state index contributed by atoms with van der Waals surface area (Å²) in [5.74, 6) is -0.683. The average Bonchev–Trinajstić information content (AvgIpc) is 3.00. The Balaban J connectivity index is 1.66. The maximum Gasteiger partial charge on any atom is 0.256 e. The molecule has 1 aliphatic rings. The van der Waals surface area contributed by atoms with E-state index in [4.69, 9.17) is 0 Å². The lowest BCUT2D eigenvalue weighted by molar-refractivity contribution is -0.117. The van der Waals surface area contributed by atoms with Gasteiger partial charge in [0.25, 0.3) is 5.91 Å². The number of amides is 2. The molecular weight excluding hydrogens is 357 g/mol. The first kappa shape index (κ1) is 18.1. The Hall–Kier alpha value is -3.28. The molecule has 1 atom stereocenters. The van der Waals surface area contributed by atoms with Gasteiger partial charge < -0.3 is 10.2 Å². The first-order valence-electron chi connectivity index (χ1n) is 9.23. The second-order valence-corrected chi connectivity index (χ2v) is 7.13. The number of aryl methyl sites for hydroxylation is 1. The third-order valence-corrected chi connectivity index (χ3v) is 5.01. The van der Waals surface area contributed by atoms with Crippen LogP contribution in [0.1, 0.15) is 35.8 Å². The van der Waals surface area contributed by atoms with E-state index < -0.39 is 5.82 Å². The second-order valence-electron chi connectivity index (χ2n) is 7.13. The molecule has 0 spiro atoms. The number of fused-ring (bicyclic) bond motifs is 1. The van der Waals surface area contributed by atoms with Gasteiger partial charge >= 0.3 is 0 Å². The number of carbonyl (C=O) groups is 2. The largest absolute Gasteiger partial charge is 0.322 e. The number of hydrogen-bond acceptors (Lipinski definition) is 3. The number of hydrogen-bond donors (Lipinski definition) is 1. The highest BCUT2D eigenvalue weighted by atomic mass is 19.1. The molecule has 28 heavy (non-hydrogen) atoms. The van der Waals surface area contributed by atoms with Crippen LogP contribution in [0, 0.1) is 12.7 Å². The Kier molecular flexibility index (Phi) is 4.55. The zero-order chi connectivity index (χ0) is 19.8. The Bertz CT molecular complexity index is 1100. The molecule has 1 N–H and O–H groups in total. The van der Waals surface area contributed by atoms with E-state index >= 15 is 0 Å². The Morgan fingerprint density at radius 3 is 2.79 bits per heavy atom. The Morgan fingerprint density at radius 2 is 2.04 bits per heavy atom. The van der Waals surface area contributed by atoms with Gasteiger partial charge in [-0.05, 0) is 62.7 Å². The maximum atomic E-state index is 13.7. The summed E-state index contributed by atoms with van der Waals surface area (Å²) in [5, 5.41) is 3.32. The fraction of sp³-hybridized carbons (Fsp3) is 0.227. The third kappa shape index (κ3) is 3.33. The van der Waals surface area contributed by atoms with Crippen LogP contribution in [0.4, 0.5) is 15.8 Å². The molecule has 1 unspecified atom stereocenters. The van der Waals surface area contributed by atoms with Crippen molar-refractivity contribution in [3.8, 4) is 0 Å². The van der Waals surface area contributed by atoms with Crippen LogP contribution in [0.25, 0.3) is 10.9 Å². The highest BCUT2D eigenvalue weighted by Crippen LogP contribution is 2.29. The summed E-state index contributed by atoms with van der Waals surface area (Å²) < 4.78 is 13.7. The topological polar surface area (TPSA) is 62.3 Å². The van der Waals surface area contributed by atoms with Crippen molar-refractivity contribution >= 4 is 34.1 Å². The van der Waals surface area contributed by atoms with E-state index in [9.17, 15) is 14.0 Å². The van der Waals surface area contributed by atoms with Crippen LogP contribution in [-0.4, -0.2) is 22.8 Å². The van der Waals surface area contributed by atoms with E-state index in [-0.39, 0.29) is 17.9 Å². The molecule has 1 saturated heterocycles. The van der Waals surface area contributed by atoms with Crippen molar-refractivity contribution in [3.05, 3.63) is 65.6 Å². The fourth-order valence-electron chi connectivity index (χ4n) is 3.68. The monoisotopic (exact) mass is 377 g/mol. The summed E-state index contributed by atoms with van der Waals surface area (Å²) >= 11 is 0. The molecule has 2 amide bonds. The van der Waals surface area contributed by atoms with Crippen LogP contribution in [0.15, 0.2) is 48.5 Å². The van der Waals surface area contributed by atoms with Crippen LogP contribution < -0.4 is 10.2 Å². The molecule has 6 heteroatoms. The molecule has 142 valence electrons. The number of nitrogens with zero attached hydrogens (tertiary/aromatic N) is 2. The first-order valence-corrected chi connectivity index (χ1v) is 9.23. The molecule has 0 aliphatic carbocycles. The highest BCUT2D eigenvalue weighted by molar-refractivity contribution is 6.12. The van der Waals surface area contributed by atoms with Crippen LogP contribution >= 0.6 is 0 Å². The van der Waals surface area contributed by atoms with Crippen LogP contribution in [0.2, 0.25) is 0 Å². The average molecular weight is 377 g/mol. The second kappa shape index (κ2) is 7.03. The SMILES string of the molecule is Cc1cc(C(=O)Nc2cccc(N3C(=O)CCC3C)c2)c2cc(F)ccc2n1. The van der Waals surface area contributed by atoms with Crippen molar-refractivity contribution in [1.29, 1.82) is 0 Å². The number of carbonyl (C=O) groups excluding carboxylic acids is 2. The molecule has 1 fully saturated rings. The lowest BCUT2D eigenvalue weighted by Crippen LogP contribution is -2.30. The van der Waals surface area contributed by atoms with Gasteiger partial charge in [-0.3, -0.25) is 14.6 Å². The minimum atomic E-state index is -0.421. The summed E-state index contributed by atoms with van der Waals surface area (Å²) in [7, 11) is 0. The van der Waals surface area contributed by atoms with Crippen LogP contribution in [-0.2, 0) is 4.79 Å². The number of halogens is 1. The molecule has 3 aromatic rings. The molecule has 0 saturated carbocycles. The number of nitrogens with one attached hydrogen (secondary N) is 1. The van der Waals surface area contributed by atoms with Crippen molar-refractivity contribution in [3.63, 3.8) is 0 Å². The predicted octanol–water partition coefficient (Wildman–Crippen LogP) is 4.45. The van der Waals surface area contributed by atoms with Gasteiger partial charge in [0.2, 0.25) is 5.91 Å². The molecular formula is C22H20FN3O2. The van der Waals surface area contributed by atoms with Crippen LogP contribution in [0.3, 0.4) is 0 Å². The van der Waals surface area contributed by atoms with Gasteiger partial charge in [-0.1, -0.05) is 6.07 Å². The lowest BCUT2D eigenvalue weighted by Gasteiger charge is -2.22. The van der Waals surface area contributed by atoms with Gasteiger partial charge in [-0.2, -0.15) is 0 Å². The normalized spacial score (nSPS) is 16.6. The van der Waals surface area contributed by atoms with Crippen molar-refractivity contribution < 1.29 is 14.0 Å². The number of aromatic nitrogens is 1. The number of pyridine rings is 1. The zero-order valence-electron chi connectivity index (χ0n) is 15.7. The molecule has 1 aliphatic heterocycles. The molecule has 4 rings (SSSR count). The van der Waals surface area contributed by atoms with E-state index in [0.29, 0.717) is 34.3 Å². The fourth-order valence-corrected chi connectivity index (χ4v) is 3.68. The van der Waals surface area contributed by atoms with Gasteiger partial charge in [-0.15, -0.1) is 0 Å². The molecule has 0 radical (unpaired) electrons. The van der Waals surface area contributed by atoms with Gasteiger partial charge in [0, 0.05) is 34.9 Å². The molecule has 0 bridgehead atoms. The van der Waals surface area contributed by atoms with Gasteiger partial charge in [0.15, 0.2) is 0 Å². The van der Waals surface area contributed by atoms with Gasteiger partial charge in [-0.25, -0.2) is 4.39 Å². The standard InChI is InChI=1S/C22H20FN3O2/c1-13-10-19(18-11-15(23)7-8-20(18)24-13)22(28)25-16-4-3-5-17(12-16)26-14(2)6-9-21(26)27/h3-5,7-8,10-12,14H,6,9H2,1-2H3,(H,25,28). The molecule has 5 nitrogen and oxygen atoms in total. The molecule has 1 aromatic heterocycles. The smallest absolute Gasteiger partial charge is 0.256 e. The molecule has 2 aromatic carbocycles. The highest BCUT2D eigenvalue weighted by Gasteiger charge is 2.28. The van der Waals surface area contributed by atoms with Crippen LogP contribution in [0.5, 0.6) is 0 Å². The number of rotatable bonds is 3. The van der Waals surface area contributed by atoms with Gasteiger partial charge in [0.1, 0.15) is 5.82 Å². The van der Waals surface area contributed by atoms with E-state index in [1.54, 1.807) is 42.2 Å². The quantitative estimate of drug-likeness (QED) is 0.733. The Morgan fingerprint density at radius 1 is 1.21 bits per heavy atom. The summed E-state index contributed by atoms with van der Waals surface area (Å²) in [6, 6.07) is 13.2. The molecule has 2 heterocycles. The third-order valence-electron chi connectivity index (χ3n) is 5.01. The predicted molar refractivity (Wildman–Crippen MR) is 107 cm³/mol. The maximum absolute atomic E-state index is 13.7. The number of anilines is 2. The number of benzene rings is 2. The van der Waals surface area contributed by atoms with Crippen molar-refractivity contribution in [2.24, 2.45) is 0 Å². The van der Waals surface area contributed by atoms with E-state index in [0.717, 1.165) is 12.1 Å². The minimum Gasteiger partial charge on any atom is -0.322 e. The lowest BCUT2D eigenvalue weighted by atomic mass is 10.1.